The molecular weight excluding hydrogens is 295 g/mol. The fraction of sp³-hybridized carbons (Fsp3) is 0.188. The Kier molecular flexibility index (Phi) is 3.31. The van der Waals surface area contributed by atoms with Gasteiger partial charge in [0.05, 0.1) is 5.56 Å². The minimum absolute atomic E-state index is 0.321. The van der Waals surface area contributed by atoms with E-state index in [4.69, 9.17) is 10.5 Å². The summed E-state index contributed by atoms with van der Waals surface area (Å²) in [6.07, 6.45) is -4.47. The Morgan fingerprint density at radius 2 is 1.95 bits per heavy atom. The van der Waals surface area contributed by atoms with E-state index in [1.54, 1.807) is 24.3 Å². The Morgan fingerprint density at radius 1 is 1.18 bits per heavy atom. The first-order valence-electron chi connectivity index (χ1n) is 6.61. The number of benzene rings is 2. The van der Waals surface area contributed by atoms with E-state index in [1.165, 1.54) is 6.07 Å². The van der Waals surface area contributed by atoms with Crippen molar-refractivity contribution in [2.45, 2.75) is 18.7 Å². The van der Waals surface area contributed by atoms with E-state index >= 15 is 0 Å². The predicted octanol–water partition coefficient (Wildman–Crippen LogP) is 3.48. The molecule has 114 valence electrons. The molecule has 2 aromatic rings. The van der Waals surface area contributed by atoms with Crippen LogP contribution in [0.25, 0.3) is 0 Å². The van der Waals surface area contributed by atoms with Gasteiger partial charge in [0.1, 0.15) is 11.9 Å². The number of halogens is 3. The van der Waals surface area contributed by atoms with Crippen molar-refractivity contribution in [1.82, 2.24) is 0 Å². The second-order valence-electron chi connectivity index (χ2n) is 5.12. The zero-order valence-corrected chi connectivity index (χ0v) is 11.4. The second-order valence-corrected chi connectivity index (χ2v) is 5.12. The van der Waals surface area contributed by atoms with Gasteiger partial charge in [-0.25, -0.2) is 0 Å². The summed E-state index contributed by atoms with van der Waals surface area (Å²) >= 11 is 0. The summed E-state index contributed by atoms with van der Waals surface area (Å²) in [6.45, 7) is 0. The summed E-state index contributed by atoms with van der Waals surface area (Å²) < 4.78 is 43.9. The lowest BCUT2D eigenvalue weighted by Crippen LogP contribution is -2.12. The van der Waals surface area contributed by atoms with E-state index in [0.29, 0.717) is 28.9 Å². The molecule has 0 spiro atoms. The van der Waals surface area contributed by atoms with Crippen LogP contribution in [0.1, 0.15) is 33.2 Å². The molecule has 0 aromatic heterocycles. The molecule has 1 heterocycles. The van der Waals surface area contributed by atoms with E-state index in [0.717, 1.165) is 12.1 Å². The van der Waals surface area contributed by atoms with Gasteiger partial charge >= 0.3 is 6.18 Å². The van der Waals surface area contributed by atoms with Crippen LogP contribution in [0, 0.1) is 0 Å². The number of amides is 1. The summed E-state index contributed by atoms with van der Waals surface area (Å²) in [5, 5.41) is 0. The maximum absolute atomic E-state index is 12.7. The topological polar surface area (TPSA) is 52.3 Å². The third-order valence-electron chi connectivity index (χ3n) is 3.61. The Hall–Kier alpha value is -2.50. The fourth-order valence-electron chi connectivity index (χ4n) is 2.50. The molecule has 0 bridgehead atoms. The van der Waals surface area contributed by atoms with Crippen molar-refractivity contribution in [2.75, 3.05) is 0 Å². The highest BCUT2D eigenvalue weighted by atomic mass is 19.4. The van der Waals surface area contributed by atoms with E-state index in [2.05, 4.69) is 0 Å². The number of alkyl halides is 3. The van der Waals surface area contributed by atoms with Gasteiger partial charge in [-0.2, -0.15) is 13.2 Å². The van der Waals surface area contributed by atoms with Crippen molar-refractivity contribution in [3.05, 3.63) is 64.7 Å². The number of fused-ring (bicyclic) bond motifs is 1. The molecule has 0 saturated carbocycles. The molecule has 3 nitrogen and oxygen atoms in total. The number of carbonyl (C=O) groups excluding carboxylic acids is 1. The lowest BCUT2D eigenvalue weighted by Gasteiger charge is -2.11. The highest BCUT2D eigenvalue weighted by Gasteiger charge is 2.33. The summed E-state index contributed by atoms with van der Waals surface area (Å²) in [4.78, 5) is 11.2. The number of carbonyl (C=O) groups is 1. The van der Waals surface area contributed by atoms with Crippen LogP contribution in [-0.2, 0) is 12.6 Å². The van der Waals surface area contributed by atoms with Crippen LogP contribution in [0.5, 0.6) is 5.75 Å². The number of hydrogen-bond donors (Lipinski definition) is 1. The van der Waals surface area contributed by atoms with E-state index in [9.17, 15) is 18.0 Å². The average Bonchev–Trinajstić information content (AvgIpc) is 2.89. The normalized spacial score (nSPS) is 17.0. The van der Waals surface area contributed by atoms with Gasteiger partial charge in [0, 0.05) is 12.0 Å². The van der Waals surface area contributed by atoms with Gasteiger partial charge in [0.2, 0.25) is 5.91 Å². The van der Waals surface area contributed by atoms with Crippen molar-refractivity contribution in [3.8, 4) is 5.75 Å². The van der Waals surface area contributed by atoms with Crippen molar-refractivity contribution in [1.29, 1.82) is 0 Å². The Labute approximate surface area is 124 Å². The summed E-state index contributed by atoms with van der Waals surface area (Å²) in [5.74, 6) is -0.126. The molecule has 0 saturated heterocycles. The van der Waals surface area contributed by atoms with Crippen LogP contribution < -0.4 is 10.5 Å². The highest BCUT2D eigenvalue weighted by Crippen LogP contribution is 2.40. The zero-order chi connectivity index (χ0) is 15.9. The average molecular weight is 307 g/mol. The Bertz CT molecular complexity index is 740. The predicted molar refractivity (Wildman–Crippen MR) is 73.5 cm³/mol. The van der Waals surface area contributed by atoms with Crippen LogP contribution in [0.2, 0.25) is 0 Å². The van der Waals surface area contributed by atoms with Crippen molar-refractivity contribution < 1.29 is 22.7 Å². The fourth-order valence-corrected chi connectivity index (χ4v) is 2.50. The van der Waals surface area contributed by atoms with Gasteiger partial charge in [-0.15, -0.1) is 0 Å². The van der Waals surface area contributed by atoms with Gasteiger partial charge < -0.3 is 10.5 Å². The number of nitrogens with two attached hydrogens (primary N) is 1. The number of ether oxygens (including phenoxy) is 1. The van der Waals surface area contributed by atoms with E-state index in [1.807, 2.05) is 0 Å². The van der Waals surface area contributed by atoms with Crippen LogP contribution in [-0.4, -0.2) is 5.91 Å². The molecule has 1 aliphatic rings. The summed E-state index contributed by atoms with van der Waals surface area (Å²) in [6, 6.07) is 10.0. The van der Waals surface area contributed by atoms with Gasteiger partial charge in [-0.05, 0) is 41.5 Å². The maximum Gasteiger partial charge on any atom is 0.416 e. The largest absolute Gasteiger partial charge is 0.485 e. The third-order valence-corrected chi connectivity index (χ3v) is 3.61. The van der Waals surface area contributed by atoms with Gasteiger partial charge in [0.15, 0.2) is 0 Å². The first-order valence-corrected chi connectivity index (χ1v) is 6.61. The number of rotatable bonds is 2. The molecule has 0 radical (unpaired) electrons. The minimum Gasteiger partial charge on any atom is -0.485 e. The van der Waals surface area contributed by atoms with E-state index in [-0.39, 0.29) is 0 Å². The quantitative estimate of drug-likeness (QED) is 0.923. The van der Waals surface area contributed by atoms with Crippen LogP contribution in [0.15, 0.2) is 42.5 Å². The molecule has 1 amide bonds. The molecule has 3 rings (SSSR count). The van der Waals surface area contributed by atoms with Crippen molar-refractivity contribution in [2.24, 2.45) is 5.73 Å². The monoisotopic (exact) mass is 307 g/mol. The maximum atomic E-state index is 12.7. The SMILES string of the molecule is NC(=O)c1cccc([C@@H]2Cc3cc(C(F)(F)F)ccc3O2)c1. The van der Waals surface area contributed by atoms with Crippen molar-refractivity contribution in [3.63, 3.8) is 0 Å². The van der Waals surface area contributed by atoms with Gasteiger partial charge in [-0.3, -0.25) is 4.79 Å². The summed E-state index contributed by atoms with van der Waals surface area (Å²) in [5.41, 5.74) is 6.09. The zero-order valence-electron chi connectivity index (χ0n) is 11.4. The van der Waals surface area contributed by atoms with Gasteiger partial charge in [0.25, 0.3) is 0 Å². The smallest absolute Gasteiger partial charge is 0.416 e. The molecular formula is C16H12F3NO2. The first kappa shape index (κ1) is 14.4. The Morgan fingerprint density at radius 3 is 2.64 bits per heavy atom. The first-order chi connectivity index (χ1) is 10.3. The molecule has 1 atom stereocenters. The van der Waals surface area contributed by atoms with E-state index < -0.39 is 23.8 Å². The van der Waals surface area contributed by atoms with Crippen LogP contribution in [0.4, 0.5) is 13.2 Å². The minimum atomic E-state index is -4.38. The highest BCUT2D eigenvalue weighted by molar-refractivity contribution is 5.92. The second kappa shape index (κ2) is 5.05. The number of primary amides is 1. The molecule has 22 heavy (non-hydrogen) atoms. The lowest BCUT2D eigenvalue weighted by molar-refractivity contribution is -0.137. The Balaban J connectivity index is 1.88. The molecule has 6 heteroatoms. The van der Waals surface area contributed by atoms with Gasteiger partial charge in [-0.1, -0.05) is 12.1 Å². The molecule has 0 fully saturated rings. The molecule has 0 unspecified atom stereocenters. The third kappa shape index (κ3) is 2.64. The van der Waals surface area contributed by atoms with Crippen molar-refractivity contribution >= 4 is 5.91 Å². The summed E-state index contributed by atoms with van der Waals surface area (Å²) in [7, 11) is 0. The molecule has 2 N–H and O–H groups in total. The standard InChI is InChI=1S/C16H12F3NO2/c17-16(18,19)12-4-5-13-11(7-12)8-14(22-13)9-2-1-3-10(6-9)15(20)21/h1-7,14H,8H2,(H2,20,21)/t14-/m0/s1. The molecule has 0 aliphatic carbocycles. The lowest BCUT2D eigenvalue weighted by atomic mass is 10.0. The molecule has 2 aromatic carbocycles. The molecule has 1 aliphatic heterocycles. The van der Waals surface area contributed by atoms with Crippen LogP contribution in [0.3, 0.4) is 0 Å². The number of hydrogen-bond acceptors (Lipinski definition) is 2. The van der Waals surface area contributed by atoms with Crippen LogP contribution >= 0.6 is 0 Å².